The summed E-state index contributed by atoms with van der Waals surface area (Å²) in [6.45, 7) is 5.06. The fourth-order valence-electron chi connectivity index (χ4n) is 8.78. The van der Waals surface area contributed by atoms with Crippen molar-refractivity contribution in [3.8, 4) is 0 Å². The van der Waals surface area contributed by atoms with Crippen molar-refractivity contribution in [2.75, 3.05) is 13.6 Å². The van der Waals surface area contributed by atoms with Gasteiger partial charge >= 0.3 is 0 Å². The number of aliphatic hydroxyl groups is 2. The van der Waals surface area contributed by atoms with Crippen molar-refractivity contribution in [1.29, 1.82) is 0 Å². The van der Waals surface area contributed by atoms with Crippen molar-refractivity contribution < 1.29 is 24.6 Å². The number of amides is 2. The van der Waals surface area contributed by atoms with E-state index in [9.17, 15) is 24.6 Å². The van der Waals surface area contributed by atoms with E-state index >= 15 is 0 Å². The van der Waals surface area contributed by atoms with Crippen LogP contribution in [0.3, 0.4) is 0 Å². The first-order valence-corrected chi connectivity index (χ1v) is 14.3. The number of nitrogens with one attached hydrogen (secondary N) is 1. The molecule has 7 nitrogen and oxygen atoms in total. The Morgan fingerprint density at radius 2 is 1.86 bits per heavy atom. The van der Waals surface area contributed by atoms with Gasteiger partial charge in [0.15, 0.2) is 5.78 Å². The van der Waals surface area contributed by atoms with Crippen LogP contribution < -0.4 is 5.32 Å². The minimum atomic E-state index is -0.629. The Morgan fingerprint density at radius 3 is 2.62 bits per heavy atom. The van der Waals surface area contributed by atoms with Crippen LogP contribution in [0.5, 0.6) is 0 Å². The standard InChI is InChI=1S/C30H42N2O5/c1-4-17-13-19-14-21-20-7-5-9-25(35)31-12-6-8-22-29(36)28(30(37)32(22)3)23(33)11-10-18(20)15-24(34)27(21)26(19)16(17)2/h5,9-11,16-22,24,26-27,33-34H,4,6-8,12-15H2,1-3H3,(H,31,35). The maximum atomic E-state index is 13.0. The first-order valence-electron chi connectivity index (χ1n) is 14.3. The minimum Gasteiger partial charge on any atom is -0.507 e. The van der Waals surface area contributed by atoms with Gasteiger partial charge < -0.3 is 20.4 Å². The van der Waals surface area contributed by atoms with Crippen LogP contribution in [-0.2, 0) is 14.4 Å². The maximum absolute atomic E-state index is 13.0. The van der Waals surface area contributed by atoms with E-state index in [-0.39, 0.29) is 40.8 Å². The van der Waals surface area contributed by atoms with E-state index in [0.717, 1.165) is 18.8 Å². The van der Waals surface area contributed by atoms with Crippen LogP contribution in [0.1, 0.15) is 58.8 Å². The quantitative estimate of drug-likeness (QED) is 0.468. The molecule has 2 heterocycles. The zero-order chi connectivity index (χ0) is 26.4. The smallest absolute Gasteiger partial charge is 0.261 e. The highest BCUT2D eigenvalue weighted by atomic mass is 16.3. The predicted octanol–water partition coefficient (Wildman–Crippen LogP) is 3.55. The van der Waals surface area contributed by atoms with Crippen LogP contribution in [0.15, 0.2) is 35.6 Å². The molecule has 10 atom stereocenters. The Kier molecular flexibility index (Phi) is 7.36. The summed E-state index contributed by atoms with van der Waals surface area (Å²) < 4.78 is 0. The number of allylic oxidation sites excluding steroid dienone is 3. The number of hydrogen-bond acceptors (Lipinski definition) is 5. The fraction of sp³-hybridized carbons (Fsp3) is 0.700. The molecule has 2 bridgehead atoms. The summed E-state index contributed by atoms with van der Waals surface area (Å²) in [5, 5.41) is 25.2. The number of likely N-dealkylation sites (N-methyl/N-ethyl adjacent to an activating group) is 1. The second-order valence-electron chi connectivity index (χ2n) is 12.2. The molecule has 37 heavy (non-hydrogen) atoms. The molecule has 0 radical (unpaired) electrons. The molecule has 0 aromatic rings. The molecule has 5 aliphatic rings. The molecule has 1 saturated heterocycles. The summed E-state index contributed by atoms with van der Waals surface area (Å²) in [5.74, 6) is 2.08. The van der Waals surface area contributed by atoms with Gasteiger partial charge in [-0.25, -0.2) is 0 Å². The van der Waals surface area contributed by atoms with E-state index in [4.69, 9.17) is 0 Å². The van der Waals surface area contributed by atoms with Crippen molar-refractivity contribution in [3.63, 3.8) is 0 Å². The van der Waals surface area contributed by atoms with E-state index < -0.39 is 18.1 Å². The number of fused-ring (bicyclic) bond motifs is 7. The minimum absolute atomic E-state index is 0.0177. The Hall–Kier alpha value is -2.41. The lowest BCUT2D eigenvalue weighted by Gasteiger charge is -2.44. The Morgan fingerprint density at radius 1 is 1.08 bits per heavy atom. The molecule has 5 rings (SSSR count). The molecule has 3 saturated carbocycles. The number of aliphatic hydroxyl groups excluding tert-OH is 2. The van der Waals surface area contributed by atoms with Gasteiger partial charge in [-0.2, -0.15) is 0 Å². The highest BCUT2D eigenvalue weighted by Crippen LogP contribution is 2.62. The second kappa shape index (κ2) is 10.4. The van der Waals surface area contributed by atoms with Gasteiger partial charge in [-0.05, 0) is 98.0 Å². The number of hydrogen-bond donors (Lipinski definition) is 3. The van der Waals surface area contributed by atoms with Crippen LogP contribution >= 0.6 is 0 Å². The summed E-state index contributed by atoms with van der Waals surface area (Å²) >= 11 is 0. The first-order chi connectivity index (χ1) is 17.7. The molecule has 0 aromatic heterocycles. The lowest BCUT2D eigenvalue weighted by Crippen LogP contribution is -2.43. The average molecular weight is 511 g/mol. The van der Waals surface area contributed by atoms with Gasteiger partial charge in [0, 0.05) is 13.6 Å². The predicted molar refractivity (Wildman–Crippen MR) is 140 cm³/mol. The van der Waals surface area contributed by atoms with E-state index in [1.165, 1.54) is 23.8 Å². The molecule has 202 valence electrons. The Balaban J connectivity index is 1.47. The van der Waals surface area contributed by atoms with Crippen molar-refractivity contribution >= 4 is 17.6 Å². The molecule has 4 fully saturated rings. The largest absolute Gasteiger partial charge is 0.507 e. The zero-order valence-electron chi connectivity index (χ0n) is 22.3. The number of rotatable bonds is 1. The van der Waals surface area contributed by atoms with Crippen LogP contribution in [0, 0.1) is 47.3 Å². The molecular formula is C30H42N2O5. The van der Waals surface area contributed by atoms with Gasteiger partial charge in [0.2, 0.25) is 5.91 Å². The summed E-state index contributed by atoms with van der Waals surface area (Å²) in [5.41, 5.74) is -0.152. The zero-order valence-corrected chi connectivity index (χ0v) is 22.3. The summed E-state index contributed by atoms with van der Waals surface area (Å²) in [6, 6.07) is -0.629. The second-order valence-corrected chi connectivity index (χ2v) is 12.2. The molecule has 7 heteroatoms. The third-order valence-electron chi connectivity index (χ3n) is 10.5. The third kappa shape index (κ3) is 4.58. The van der Waals surface area contributed by atoms with E-state index in [1.807, 2.05) is 12.2 Å². The molecule has 3 N–H and O–H groups in total. The van der Waals surface area contributed by atoms with Crippen LogP contribution in [-0.4, -0.2) is 58.4 Å². The fourth-order valence-corrected chi connectivity index (χ4v) is 8.78. The van der Waals surface area contributed by atoms with E-state index in [1.54, 1.807) is 13.1 Å². The van der Waals surface area contributed by atoms with Crippen molar-refractivity contribution in [3.05, 3.63) is 35.6 Å². The molecule has 0 aromatic carbocycles. The number of carbonyl (C=O) groups excluding carboxylic acids is 3. The van der Waals surface area contributed by atoms with Gasteiger partial charge in [-0.3, -0.25) is 14.4 Å². The van der Waals surface area contributed by atoms with Gasteiger partial charge in [0.25, 0.3) is 5.91 Å². The number of carbonyl (C=O) groups is 3. The number of Topliss-reactive ketones (excluding diaryl/α,β-unsaturated/α-hetero) is 1. The van der Waals surface area contributed by atoms with Crippen LogP contribution in [0.4, 0.5) is 0 Å². The SMILES string of the molecule is CCC1CC2CC3C4CC=CC(=O)NCCCC5C(=O)C(=C(O)C=CC4CC(O)C3C2C1C)C(=O)N5C. The van der Waals surface area contributed by atoms with E-state index in [2.05, 4.69) is 19.2 Å². The highest BCUT2D eigenvalue weighted by molar-refractivity contribution is 6.26. The van der Waals surface area contributed by atoms with Crippen LogP contribution in [0.2, 0.25) is 0 Å². The average Bonchev–Trinajstić information content (AvgIpc) is 3.46. The molecule has 3 aliphatic carbocycles. The van der Waals surface area contributed by atoms with Gasteiger partial charge in [-0.1, -0.05) is 32.4 Å². The lowest BCUT2D eigenvalue weighted by molar-refractivity contribution is -0.125. The summed E-state index contributed by atoms with van der Waals surface area (Å²) in [7, 11) is 1.58. The maximum Gasteiger partial charge on any atom is 0.261 e. The summed E-state index contributed by atoms with van der Waals surface area (Å²) in [4.78, 5) is 39.7. The van der Waals surface area contributed by atoms with Crippen molar-refractivity contribution in [1.82, 2.24) is 10.2 Å². The van der Waals surface area contributed by atoms with Gasteiger partial charge in [0.1, 0.15) is 11.3 Å². The lowest BCUT2D eigenvalue weighted by atomic mass is 9.62. The topological polar surface area (TPSA) is 107 Å². The van der Waals surface area contributed by atoms with Crippen LogP contribution in [0.25, 0.3) is 0 Å². The number of ketones is 1. The third-order valence-corrected chi connectivity index (χ3v) is 10.5. The molecule has 2 amide bonds. The molecular weight excluding hydrogens is 468 g/mol. The number of likely N-dealkylation sites (tertiary alicyclic amines) is 1. The molecule has 0 spiro atoms. The normalized spacial score (nSPS) is 42.6. The first kappa shape index (κ1) is 26.2. The number of nitrogens with zero attached hydrogens (tertiary/aromatic N) is 1. The van der Waals surface area contributed by atoms with E-state index in [0.29, 0.717) is 49.5 Å². The monoisotopic (exact) mass is 510 g/mol. The Labute approximate surface area is 220 Å². The van der Waals surface area contributed by atoms with Gasteiger partial charge in [-0.15, -0.1) is 0 Å². The van der Waals surface area contributed by atoms with Crippen molar-refractivity contribution in [2.45, 2.75) is 70.9 Å². The molecule has 2 aliphatic heterocycles. The molecule has 10 unspecified atom stereocenters. The van der Waals surface area contributed by atoms with Gasteiger partial charge in [0.05, 0.1) is 12.1 Å². The van der Waals surface area contributed by atoms with Crippen molar-refractivity contribution in [2.24, 2.45) is 47.3 Å². The summed E-state index contributed by atoms with van der Waals surface area (Å²) in [6.07, 6.45) is 12.4. The highest BCUT2D eigenvalue weighted by Gasteiger charge is 2.58. The Bertz CT molecular complexity index is 1030.